The van der Waals surface area contributed by atoms with Gasteiger partial charge in [-0.25, -0.2) is 0 Å². The number of hydrogen-bond acceptors (Lipinski definition) is 6. The Morgan fingerprint density at radius 1 is 0.800 bits per heavy atom. The van der Waals surface area contributed by atoms with Crippen molar-refractivity contribution < 1.29 is 50.5 Å². The van der Waals surface area contributed by atoms with E-state index in [1.54, 1.807) is 0 Å². The molecule has 2 heterocycles. The highest BCUT2D eigenvalue weighted by atomic mass is 19.4. The average Bonchev–Trinajstić information content (AvgIpc) is 2.82. The van der Waals surface area contributed by atoms with Crippen molar-refractivity contribution in [2.75, 3.05) is 26.4 Å². The van der Waals surface area contributed by atoms with Crippen molar-refractivity contribution in [3.8, 4) is 11.5 Å². The highest BCUT2D eigenvalue weighted by Crippen LogP contribution is 2.40. The molecule has 190 valence electrons. The van der Waals surface area contributed by atoms with Crippen molar-refractivity contribution in [1.82, 2.24) is 0 Å². The van der Waals surface area contributed by atoms with Gasteiger partial charge in [0.2, 0.25) is 0 Å². The molecule has 2 aliphatic heterocycles. The predicted molar refractivity (Wildman–Crippen MR) is 110 cm³/mol. The lowest BCUT2D eigenvalue weighted by molar-refractivity contribution is -0.138. The molecule has 4 rings (SSSR count). The maximum atomic E-state index is 13.0. The number of rotatable bonds is 6. The average molecular weight is 505 g/mol. The van der Waals surface area contributed by atoms with E-state index in [1.807, 2.05) is 0 Å². The van der Waals surface area contributed by atoms with Crippen molar-refractivity contribution in [3.05, 3.63) is 58.7 Å². The lowest BCUT2D eigenvalue weighted by Crippen LogP contribution is -2.24. The Kier molecular flexibility index (Phi) is 7.13. The maximum absolute atomic E-state index is 13.0. The van der Waals surface area contributed by atoms with Crippen molar-refractivity contribution in [3.63, 3.8) is 0 Å². The first-order valence-electron chi connectivity index (χ1n) is 10.7. The number of benzene rings is 2. The molecule has 0 amide bonds. The van der Waals surface area contributed by atoms with Crippen LogP contribution in [-0.2, 0) is 21.8 Å². The molecule has 0 spiro atoms. The predicted octanol–water partition coefficient (Wildman–Crippen LogP) is 5.94. The van der Waals surface area contributed by atoms with E-state index in [0.29, 0.717) is 24.0 Å². The molecule has 2 aromatic rings. The molecule has 0 fully saturated rings. The quantitative estimate of drug-likeness (QED) is 0.228. The van der Waals surface area contributed by atoms with Gasteiger partial charge in [0.25, 0.3) is 0 Å². The van der Waals surface area contributed by atoms with Crippen LogP contribution >= 0.6 is 0 Å². The largest absolute Gasteiger partial charge is 0.493 e. The number of fused-ring (bicyclic) bond motifs is 2. The molecule has 0 radical (unpaired) electrons. The van der Waals surface area contributed by atoms with Gasteiger partial charge in [-0.15, -0.1) is 0 Å². The Labute approximate surface area is 196 Å². The molecule has 0 bridgehead atoms. The molecule has 6 nitrogen and oxygen atoms in total. The minimum Gasteiger partial charge on any atom is -0.493 e. The summed E-state index contributed by atoms with van der Waals surface area (Å²) in [5.41, 5.74) is -0.670. The van der Waals surface area contributed by atoms with Crippen LogP contribution in [0.5, 0.6) is 11.5 Å². The van der Waals surface area contributed by atoms with Crippen LogP contribution in [0.2, 0.25) is 0 Å². The fourth-order valence-electron chi connectivity index (χ4n) is 3.91. The Morgan fingerprint density at radius 2 is 1.23 bits per heavy atom. The van der Waals surface area contributed by atoms with Crippen molar-refractivity contribution in [2.45, 2.75) is 37.4 Å². The van der Waals surface area contributed by atoms with Crippen LogP contribution in [0.15, 0.2) is 41.6 Å². The third kappa shape index (κ3) is 5.81. The van der Waals surface area contributed by atoms with E-state index in [0.717, 1.165) is 24.3 Å². The molecule has 2 aromatic carbocycles. The fourth-order valence-corrected chi connectivity index (χ4v) is 3.91. The normalized spacial score (nSPS) is 19.7. The van der Waals surface area contributed by atoms with Gasteiger partial charge in [-0.05, 0) is 24.3 Å². The van der Waals surface area contributed by atoms with Crippen LogP contribution < -0.4 is 9.47 Å². The lowest BCUT2D eigenvalue weighted by atomic mass is 10.0. The lowest BCUT2D eigenvalue weighted by Gasteiger charge is -2.28. The van der Waals surface area contributed by atoms with Crippen molar-refractivity contribution >= 4 is 5.71 Å². The summed E-state index contributed by atoms with van der Waals surface area (Å²) in [5, 5.41) is 12.5. The van der Waals surface area contributed by atoms with Gasteiger partial charge in [0.1, 0.15) is 17.2 Å². The molecular weight excluding hydrogens is 484 g/mol. The van der Waals surface area contributed by atoms with Gasteiger partial charge in [-0.1, -0.05) is 17.3 Å². The fraction of sp³-hybridized carbons (Fsp3) is 0.435. The monoisotopic (exact) mass is 505 g/mol. The maximum Gasteiger partial charge on any atom is 0.416 e. The minimum absolute atomic E-state index is 0.0758. The van der Waals surface area contributed by atoms with Crippen molar-refractivity contribution in [2.24, 2.45) is 5.16 Å². The number of halogens is 6. The molecule has 12 heteroatoms. The number of alkyl halides is 6. The zero-order valence-electron chi connectivity index (χ0n) is 18.2. The summed E-state index contributed by atoms with van der Waals surface area (Å²) in [4.78, 5) is 0. The first-order valence-corrected chi connectivity index (χ1v) is 10.7. The van der Waals surface area contributed by atoms with E-state index in [2.05, 4.69) is 5.16 Å². The Hall–Kier alpha value is -2.99. The molecule has 2 aliphatic rings. The molecule has 0 saturated heterocycles. The number of hydrogen-bond donors (Lipinski definition) is 1. The van der Waals surface area contributed by atoms with Gasteiger partial charge in [-0.3, -0.25) is 0 Å². The second kappa shape index (κ2) is 9.94. The van der Waals surface area contributed by atoms with Gasteiger partial charge in [0, 0.05) is 24.0 Å². The van der Waals surface area contributed by atoms with E-state index >= 15 is 0 Å². The third-order valence-corrected chi connectivity index (χ3v) is 5.69. The molecular formula is C23H21F6NO5. The highest BCUT2D eigenvalue weighted by Gasteiger charge is 2.34. The SMILES string of the molecule is ON=C(COC1CCOc2cc(C(F)(F)F)ccc21)COC1CCOc2cc(C(F)(F)F)ccc21. The zero-order chi connectivity index (χ0) is 25.2. The van der Waals surface area contributed by atoms with Crippen LogP contribution in [0.1, 0.15) is 47.3 Å². The first kappa shape index (κ1) is 25.1. The van der Waals surface area contributed by atoms with Gasteiger partial charge in [-0.2, -0.15) is 26.3 Å². The van der Waals surface area contributed by atoms with Gasteiger partial charge in [0.15, 0.2) is 0 Å². The first-order chi connectivity index (χ1) is 16.6. The number of nitrogens with zero attached hydrogens (tertiary/aromatic N) is 1. The van der Waals surface area contributed by atoms with Gasteiger partial charge < -0.3 is 24.2 Å². The number of ether oxygens (including phenoxy) is 4. The van der Waals surface area contributed by atoms with Crippen LogP contribution in [0.4, 0.5) is 26.3 Å². The Morgan fingerprint density at radius 3 is 1.60 bits per heavy atom. The van der Waals surface area contributed by atoms with Crippen LogP contribution in [0, 0.1) is 0 Å². The van der Waals surface area contributed by atoms with Gasteiger partial charge >= 0.3 is 12.4 Å². The van der Waals surface area contributed by atoms with Crippen LogP contribution in [0.3, 0.4) is 0 Å². The number of oxime groups is 1. The molecule has 1 N–H and O–H groups in total. The summed E-state index contributed by atoms with van der Waals surface area (Å²) in [6.45, 7) is -0.0465. The molecule has 0 aliphatic carbocycles. The van der Waals surface area contributed by atoms with E-state index in [-0.39, 0.29) is 43.6 Å². The summed E-state index contributed by atoms with van der Waals surface area (Å²) >= 11 is 0. The summed E-state index contributed by atoms with van der Waals surface area (Å²) in [7, 11) is 0. The Balaban J connectivity index is 1.37. The summed E-state index contributed by atoms with van der Waals surface area (Å²) in [6, 6.07) is 6.32. The van der Waals surface area contributed by atoms with E-state index < -0.39 is 35.7 Å². The van der Waals surface area contributed by atoms with E-state index in [9.17, 15) is 31.5 Å². The van der Waals surface area contributed by atoms with Crippen molar-refractivity contribution in [1.29, 1.82) is 0 Å². The molecule has 0 aromatic heterocycles. The zero-order valence-corrected chi connectivity index (χ0v) is 18.2. The van der Waals surface area contributed by atoms with Crippen LogP contribution in [0.25, 0.3) is 0 Å². The second-order valence-corrected chi connectivity index (χ2v) is 8.04. The molecule has 2 unspecified atom stereocenters. The molecule has 2 atom stereocenters. The third-order valence-electron chi connectivity index (χ3n) is 5.69. The van der Waals surface area contributed by atoms with Crippen LogP contribution in [-0.4, -0.2) is 37.3 Å². The smallest absolute Gasteiger partial charge is 0.416 e. The summed E-state index contributed by atoms with van der Waals surface area (Å²) in [6.07, 6.45) is -9.40. The standard InChI is InChI=1S/C23H21F6NO5/c24-22(25,26)13-1-3-16-18(5-7-32-20(16)9-13)34-11-15(30-31)12-35-19-6-8-33-21-10-14(23(27,28)29)2-4-17(19)21/h1-4,9-10,18-19,31H,5-8,11-12H2. The van der Waals surface area contributed by atoms with E-state index in [4.69, 9.17) is 18.9 Å². The minimum atomic E-state index is -4.50. The Bertz CT molecular complexity index is 1000. The second-order valence-electron chi connectivity index (χ2n) is 8.04. The molecule has 35 heavy (non-hydrogen) atoms. The topological polar surface area (TPSA) is 69.5 Å². The highest BCUT2D eigenvalue weighted by molar-refractivity contribution is 5.86. The van der Waals surface area contributed by atoms with Gasteiger partial charge in [0.05, 0.1) is 49.8 Å². The summed E-state index contributed by atoms with van der Waals surface area (Å²) < 4.78 is 100.0. The van der Waals surface area contributed by atoms with E-state index in [1.165, 1.54) is 12.1 Å². The summed E-state index contributed by atoms with van der Waals surface area (Å²) in [5.74, 6) is 0.152. The molecule has 0 saturated carbocycles.